The summed E-state index contributed by atoms with van der Waals surface area (Å²) < 4.78 is 0. The Balaban J connectivity index is 0.00000156. The number of nitrogens with zero attached hydrogens (tertiary/aromatic N) is 1. The molecule has 0 saturated heterocycles. The number of carbonyl (C=O) groups excluding carboxylic acids is 1. The van der Waals surface area contributed by atoms with Crippen LogP contribution in [0.4, 0.5) is 5.69 Å². The first-order valence-electron chi connectivity index (χ1n) is 7.90. The number of hydrogen-bond donors (Lipinski definition) is 1. The Labute approximate surface area is 142 Å². The predicted octanol–water partition coefficient (Wildman–Crippen LogP) is 3.58. The second-order valence-corrected chi connectivity index (χ2v) is 6.50. The monoisotopic (exact) mass is 328 g/mol. The Bertz CT molecular complexity index is 712. The minimum atomic E-state index is -0.239. The third-order valence-electron chi connectivity index (χ3n) is 5.00. The summed E-state index contributed by atoms with van der Waals surface area (Å²) in [5, 5.41) is 0. The molecule has 2 aromatic carbocycles. The van der Waals surface area contributed by atoms with Gasteiger partial charge in [0, 0.05) is 30.1 Å². The van der Waals surface area contributed by atoms with Gasteiger partial charge in [0.2, 0.25) is 5.91 Å². The van der Waals surface area contributed by atoms with E-state index in [0.717, 1.165) is 17.8 Å². The number of amides is 1. The molecule has 1 heterocycles. The third-order valence-corrected chi connectivity index (χ3v) is 5.00. The van der Waals surface area contributed by atoms with E-state index in [1.807, 2.05) is 41.3 Å². The van der Waals surface area contributed by atoms with Crippen molar-refractivity contribution in [2.24, 2.45) is 5.73 Å². The van der Waals surface area contributed by atoms with E-state index in [1.165, 1.54) is 18.4 Å². The zero-order chi connectivity index (χ0) is 15.2. The Morgan fingerprint density at radius 2 is 1.74 bits per heavy atom. The highest BCUT2D eigenvalue weighted by Gasteiger charge is 2.52. The van der Waals surface area contributed by atoms with Gasteiger partial charge in [0.05, 0.1) is 0 Å². The van der Waals surface area contributed by atoms with Gasteiger partial charge in [-0.25, -0.2) is 0 Å². The Hall–Kier alpha value is -1.84. The van der Waals surface area contributed by atoms with E-state index in [2.05, 4.69) is 18.2 Å². The summed E-state index contributed by atoms with van der Waals surface area (Å²) in [6, 6.07) is 17.9. The van der Waals surface area contributed by atoms with Crippen LogP contribution < -0.4 is 10.6 Å². The predicted molar refractivity (Wildman–Crippen MR) is 94.9 cm³/mol. The van der Waals surface area contributed by atoms with Gasteiger partial charge in [-0.2, -0.15) is 0 Å². The minimum Gasteiger partial charge on any atom is -0.324 e. The number of anilines is 1. The molecule has 2 aliphatic rings. The van der Waals surface area contributed by atoms with Gasteiger partial charge in [0.1, 0.15) is 0 Å². The van der Waals surface area contributed by atoms with Crippen molar-refractivity contribution in [3.8, 4) is 0 Å². The first-order chi connectivity index (χ1) is 10.7. The van der Waals surface area contributed by atoms with E-state index in [0.29, 0.717) is 6.42 Å². The molecule has 0 radical (unpaired) electrons. The van der Waals surface area contributed by atoms with Crippen LogP contribution in [0.2, 0.25) is 0 Å². The van der Waals surface area contributed by atoms with Crippen LogP contribution in [0.3, 0.4) is 0 Å². The molecular formula is C19H21ClN2O. The van der Waals surface area contributed by atoms with Gasteiger partial charge in [-0.1, -0.05) is 48.5 Å². The third kappa shape index (κ3) is 2.75. The molecule has 1 unspecified atom stereocenters. The molecule has 1 amide bonds. The second kappa shape index (κ2) is 5.99. The molecule has 1 saturated carbocycles. The van der Waals surface area contributed by atoms with Crippen molar-refractivity contribution in [2.75, 3.05) is 11.4 Å². The summed E-state index contributed by atoms with van der Waals surface area (Å²) >= 11 is 0. The lowest BCUT2D eigenvalue weighted by molar-refractivity contribution is -0.118. The molecule has 4 heteroatoms. The maximum Gasteiger partial charge on any atom is 0.228 e. The first kappa shape index (κ1) is 16.0. The van der Waals surface area contributed by atoms with Crippen molar-refractivity contribution in [2.45, 2.75) is 30.7 Å². The number of fused-ring (bicyclic) bond motifs is 2. The molecule has 4 rings (SSSR count). The number of carbonyl (C=O) groups is 1. The normalized spacial score (nSPS) is 18.2. The van der Waals surface area contributed by atoms with Gasteiger partial charge < -0.3 is 10.6 Å². The average Bonchev–Trinajstić information content (AvgIpc) is 3.26. The number of hydrogen-bond acceptors (Lipinski definition) is 2. The van der Waals surface area contributed by atoms with Gasteiger partial charge in [0.25, 0.3) is 0 Å². The topological polar surface area (TPSA) is 46.3 Å². The molecular weight excluding hydrogens is 308 g/mol. The van der Waals surface area contributed by atoms with Gasteiger partial charge >= 0.3 is 0 Å². The van der Waals surface area contributed by atoms with E-state index in [1.54, 1.807) is 0 Å². The number of benzene rings is 2. The van der Waals surface area contributed by atoms with Crippen LogP contribution in [0.25, 0.3) is 0 Å². The SMILES string of the molecule is Cl.NC(CC(=O)N1CC2(CC2)c2ccccc21)c1ccccc1. The summed E-state index contributed by atoms with van der Waals surface area (Å²) in [4.78, 5) is 14.7. The van der Waals surface area contributed by atoms with Crippen LogP contribution in [0.15, 0.2) is 54.6 Å². The highest BCUT2D eigenvalue weighted by Crippen LogP contribution is 2.56. The maximum absolute atomic E-state index is 12.8. The summed E-state index contributed by atoms with van der Waals surface area (Å²) in [5.74, 6) is 0.132. The van der Waals surface area contributed by atoms with E-state index < -0.39 is 0 Å². The van der Waals surface area contributed by atoms with Crippen LogP contribution in [0, 0.1) is 0 Å². The highest BCUT2D eigenvalue weighted by atomic mass is 35.5. The Morgan fingerprint density at radius 1 is 1.09 bits per heavy atom. The molecule has 2 aromatic rings. The van der Waals surface area contributed by atoms with Crippen LogP contribution in [0.5, 0.6) is 0 Å². The quantitative estimate of drug-likeness (QED) is 0.936. The molecule has 2 N–H and O–H groups in total. The Morgan fingerprint density at radius 3 is 2.43 bits per heavy atom. The lowest BCUT2D eigenvalue weighted by atomic mass is 9.99. The van der Waals surface area contributed by atoms with Crippen LogP contribution in [0.1, 0.15) is 36.4 Å². The first-order valence-corrected chi connectivity index (χ1v) is 7.90. The fraction of sp³-hybridized carbons (Fsp3) is 0.316. The van der Waals surface area contributed by atoms with E-state index in [4.69, 9.17) is 5.73 Å². The van der Waals surface area contributed by atoms with Crippen LogP contribution in [-0.4, -0.2) is 12.5 Å². The highest BCUT2D eigenvalue weighted by molar-refractivity contribution is 5.97. The number of halogens is 1. The van der Waals surface area contributed by atoms with Crippen molar-refractivity contribution in [1.29, 1.82) is 0 Å². The molecule has 23 heavy (non-hydrogen) atoms. The summed E-state index contributed by atoms with van der Waals surface area (Å²) in [7, 11) is 0. The molecule has 1 fully saturated rings. The second-order valence-electron chi connectivity index (χ2n) is 6.50. The summed E-state index contributed by atoms with van der Waals surface area (Å²) in [6.45, 7) is 0.826. The van der Waals surface area contributed by atoms with Crippen LogP contribution in [-0.2, 0) is 10.2 Å². The number of rotatable bonds is 3. The van der Waals surface area contributed by atoms with E-state index in [-0.39, 0.29) is 29.8 Å². The minimum absolute atomic E-state index is 0. The molecule has 1 atom stereocenters. The fourth-order valence-electron chi connectivity index (χ4n) is 3.55. The van der Waals surface area contributed by atoms with Crippen molar-refractivity contribution in [3.05, 3.63) is 65.7 Å². The molecule has 0 aromatic heterocycles. The van der Waals surface area contributed by atoms with E-state index in [9.17, 15) is 4.79 Å². The molecule has 1 aliphatic carbocycles. The smallest absolute Gasteiger partial charge is 0.228 e. The molecule has 120 valence electrons. The molecule has 1 spiro atoms. The number of para-hydroxylation sites is 1. The largest absolute Gasteiger partial charge is 0.324 e. The average molecular weight is 329 g/mol. The van der Waals surface area contributed by atoms with Crippen molar-refractivity contribution >= 4 is 24.0 Å². The lowest BCUT2D eigenvalue weighted by Crippen LogP contribution is -2.33. The molecule has 1 aliphatic heterocycles. The van der Waals surface area contributed by atoms with Crippen LogP contribution >= 0.6 is 12.4 Å². The van der Waals surface area contributed by atoms with Gasteiger partial charge in [-0.3, -0.25) is 4.79 Å². The van der Waals surface area contributed by atoms with Gasteiger partial charge in [-0.05, 0) is 30.0 Å². The number of nitrogens with two attached hydrogens (primary N) is 1. The summed E-state index contributed by atoms with van der Waals surface area (Å²) in [5.41, 5.74) is 9.91. The molecule has 0 bridgehead atoms. The fourth-order valence-corrected chi connectivity index (χ4v) is 3.55. The zero-order valence-corrected chi connectivity index (χ0v) is 13.8. The zero-order valence-electron chi connectivity index (χ0n) is 12.9. The van der Waals surface area contributed by atoms with Crippen molar-refractivity contribution < 1.29 is 4.79 Å². The van der Waals surface area contributed by atoms with Gasteiger partial charge in [0.15, 0.2) is 0 Å². The maximum atomic E-state index is 12.8. The Kier molecular flexibility index (Phi) is 4.17. The molecule has 3 nitrogen and oxygen atoms in total. The van der Waals surface area contributed by atoms with Gasteiger partial charge in [-0.15, -0.1) is 12.4 Å². The standard InChI is InChI=1S/C19H20N2O.ClH/c20-16(14-6-2-1-3-7-14)12-18(22)21-13-19(10-11-19)15-8-4-5-9-17(15)21;/h1-9,16H,10-13,20H2;1H. The summed E-state index contributed by atoms with van der Waals surface area (Å²) in [6.07, 6.45) is 2.74. The van der Waals surface area contributed by atoms with Crippen molar-refractivity contribution in [3.63, 3.8) is 0 Å². The van der Waals surface area contributed by atoms with E-state index >= 15 is 0 Å². The van der Waals surface area contributed by atoms with Crippen molar-refractivity contribution in [1.82, 2.24) is 0 Å². The lowest BCUT2D eigenvalue weighted by Gasteiger charge is -2.20.